The summed E-state index contributed by atoms with van der Waals surface area (Å²) in [4.78, 5) is 16.8. The van der Waals surface area contributed by atoms with Gasteiger partial charge >= 0.3 is 0 Å². The molecular weight excluding hydrogens is 400 g/mol. The lowest BCUT2D eigenvalue weighted by molar-refractivity contribution is 0.0946. The molecule has 30 heavy (non-hydrogen) atoms. The highest BCUT2D eigenvalue weighted by Gasteiger charge is 2.21. The topological polar surface area (TPSA) is 84.3 Å². The Kier molecular flexibility index (Phi) is 6.69. The van der Waals surface area contributed by atoms with Gasteiger partial charge in [-0.3, -0.25) is 4.79 Å². The van der Waals surface area contributed by atoms with Crippen molar-refractivity contribution in [3.05, 3.63) is 77.9 Å². The van der Waals surface area contributed by atoms with Crippen LogP contribution in [-0.2, 0) is 16.6 Å². The van der Waals surface area contributed by atoms with Gasteiger partial charge in [-0.15, -0.1) is 0 Å². The zero-order valence-corrected chi connectivity index (χ0v) is 18.2. The van der Waals surface area contributed by atoms with Crippen LogP contribution in [0.1, 0.15) is 35.5 Å². The normalized spacial score (nSPS) is 11.6. The minimum Gasteiger partial charge on any atom is -0.347 e. The van der Waals surface area contributed by atoms with Gasteiger partial charge in [0.1, 0.15) is 12.0 Å². The molecule has 1 amide bonds. The molecule has 0 saturated heterocycles. The molecule has 0 aliphatic rings. The zero-order valence-electron chi connectivity index (χ0n) is 17.4. The number of aryl methyl sites for hydroxylation is 1. The molecule has 158 valence electrons. The molecule has 0 bridgehead atoms. The van der Waals surface area contributed by atoms with Crippen LogP contribution in [0.2, 0.25) is 0 Å². The first-order valence-electron chi connectivity index (χ1n) is 9.83. The number of aromatic nitrogens is 2. The van der Waals surface area contributed by atoms with E-state index in [0.29, 0.717) is 25.3 Å². The largest absolute Gasteiger partial charge is 0.347 e. The van der Waals surface area contributed by atoms with Crippen LogP contribution >= 0.6 is 0 Å². The number of carbonyl (C=O) groups is 1. The predicted octanol–water partition coefficient (Wildman–Crippen LogP) is 3.14. The van der Waals surface area contributed by atoms with Gasteiger partial charge in [-0.05, 0) is 36.8 Å². The molecule has 1 aromatic heterocycles. The average molecular weight is 427 g/mol. The Labute approximate surface area is 177 Å². The van der Waals surface area contributed by atoms with Gasteiger partial charge in [0.25, 0.3) is 5.91 Å². The Morgan fingerprint density at radius 3 is 2.27 bits per heavy atom. The van der Waals surface area contributed by atoms with Crippen molar-refractivity contribution in [2.24, 2.45) is 0 Å². The number of hydrogen-bond donors (Lipinski definition) is 1. The minimum absolute atomic E-state index is 0.242. The SMILES string of the molecule is CCN(CC)S(=O)(=O)c1ccc(-n2cnc(C(=O)NCc3ccc(C)cc3)c2)cc1. The smallest absolute Gasteiger partial charge is 0.271 e. The molecule has 0 aliphatic carbocycles. The van der Waals surface area contributed by atoms with Crippen LogP contribution in [0.15, 0.2) is 66.0 Å². The number of imidazole rings is 1. The maximum atomic E-state index is 12.6. The zero-order chi connectivity index (χ0) is 21.7. The van der Waals surface area contributed by atoms with Crippen molar-refractivity contribution in [2.75, 3.05) is 13.1 Å². The maximum Gasteiger partial charge on any atom is 0.271 e. The third-order valence-electron chi connectivity index (χ3n) is 4.87. The first-order chi connectivity index (χ1) is 14.3. The lowest BCUT2D eigenvalue weighted by atomic mass is 10.1. The highest BCUT2D eigenvalue weighted by molar-refractivity contribution is 7.89. The van der Waals surface area contributed by atoms with E-state index in [9.17, 15) is 13.2 Å². The third-order valence-corrected chi connectivity index (χ3v) is 6.93. The summed E-state index contributed by atoms with van der Waals surface area (Å²) in [5.41, 5.74) is 3.19. The van der Waals surface area contributed by atoms with Crippen LogP contribution in [-0.4, -0.2) is 41.3 Å². The second-order valence-corrected chi connectivity index (χ2v) is 8.86. The molecular formula is C22H26N4O3S. The number of nitrogens with zero attached hydrogens (tertiary/aromatic N) is 3. The van der Waals surface area contributed by atoms with Gasteiger partial charge in [0, 0.05) is 31.5 Å². The Bertz CT molecular complexity index is 1100. The lowest BCUT2D eigenvalue weighted by Crippen LogP contribution is -2.30. The number of benzene rings is 2. The van der Waals surface area contributed by atoms with Crippen molar-refractivity contribution in [3.8, 4) is 5.69 Å². The second-order valence-electron chi connectivity index (χ2n) is 6.92. The van der Waals surface area contributed by atoms with Crippen LogP contribution in [0.5, 0.6) is 0 Å². The van der Waals surface area contributed by atoms with E-state index in [4.69, 9.17) is 0 Å². The molecule has 2 aromatic carbocycles. The van der Waals surface area contributed by atoms with E-state index in [-0.39, 0.29) is 10.8 Å². The van der Waals surface area contributed by atoms with E-state index >= 15 is 0 Å². The molecule has 3 rings (SSSR count). The number of amides is 1. The summed E-state index contributed by atoms with van der Waals surface area (Å²) in [5.74, 6) is -0.268. The monoisotopic (exact) mass is 426 g/mol. The third kappa shape index (κ3) is 4.77. The molecule has 7 nitrogen and oxygen atoms in total. The fourth-order valence-corrected chi connectivity index (χ4v) is 4.52. The van der Waals surface area contributed by atoms with E-state index in [1.54, 1.807) is 35.0 Å². The van der Waals surface area contributed by atoms with Crippen molar-refractivity contribution >= 4 is 15.9 Å². The molecule has 0 unspecified atom stereocenters. The fourth-order valence-electron chi connectivity index (χ4n) is 3.06. The molecule has 1 heterocycles. The minimum atomic E-state index is -3.50. The van der Waals surface area contributed by atoms with E-state index < -0.39 is 10.0 Å². The van der Waals surface area contributed by atoms with E-state index in [1.807, 2.05) is 45.0 Å². The molecule has 0 spiro atoms. The Balaban J connectivity index is 1.69. The summed E-state index contributed by atoms with van der Waals surface area (Å²) in [6.07, 6.45) is 3.16. The van der Waals surface area contributed by atoms with Crippen LogP contribution in [0.4, 0.5) is 0 Å². The van der Waals surface area contributed by atoms with Crippen LogP contribution in [0.3, 0.4) is 0 Å². The van der Waals surface area contributed by atoms with E-state index in [2.05, 4.69) is 10.3 Å². The highest BCUT2D eigenvalue weighted by Crippen LogP contribution is 2.18. The maximum absolute atomic E-state index is 12.6. The van der Waals surface area contributed by atoms with Crippen LogP contribution in [0, 0.1) is 6.92 Å². The Hall–Kier alpha value is -2.97. The van der Waals surface area contributed by atoms with E-state index in [1.165, 1.54) is 16.2 Å². The van der Waals surface area contributed by atoms with Crippen LogP contribution < -0.4 is 5.32 Å². The number of sulfonamides is 1. The second kappa shape index (κ2) is 9.23. The van der Waals surface area contributed by atoms with Crippen molar-refractivity contribution < 1.29 is 13.2 Å². The van der Waals surface area contributed by atoms with Crippen molar-refractivity contribution in [2.45, 2.75) is 32.2 Å². The van der Waals surface area contributed by atoms with Crippen molar-refractivity contribution in [1.82, 2.24) is 19.2 Å². The number of rotatable bonds is 8. The number of carbonyl (C=O) groups excluding carboxylic acids is 1. The van der Waals surface area contributed by atoms with Gasteiger partial charge in [0.15, 0.2) is 0 Å². The van der Waals surface area contributed by atoms with E-state index in [0.717, 1.165) is 11.3 Å². The molecule has 3 aromatic rings. The number of hydrogen-bond acceptors (Lipinski definition) is 4. The summed E-state index contributed by atoms with van der Waals surface area (Å²) in [5, 5.41) is 2.85. The van der Waals surface area contributed by atoms with Crippen molar-refractivity contribution in [3.63, 3.8) is 0 Å². The molecule has 8 heteroatoms. The van der Waals surface area contributed by atoms with Gasteiger partial charge in [-0.25, -0.2) is 13.4 Å². The summed E-state index contributed by atoms with van der Waals surface area (Å²) < 4.78 is 28.3. The van der Waals surface area contributed by atoms with Crippen LogP contribution in [0.25, 0.3) is 5.69 Å². The Morgan fingerprint density at radius 1 is 1.03 bits per heavy atom. The molecule has 0 atom stereocenters. The van der Waals surface area contributed by atoms with Crippen molar-refractivity contribution in [1.29, 1.82) is 0 Å². The first-order valence-corrected chi connectivity index (χ1v) is 11.3. The highest BCUT2D eigenvalue weighted by atomic mass is 32.2. The molecule has 0 saturated carbocycles. The summed E-state index contributed by atoms with van der Waals surface area (Å²) in [7, 11) is -3.50. The van der Waals surface area contributed by atoms with Gasteiger partial charge in [0.2, 0.25) is 10.0 Å². The quantitative estimate of drug-likeness (QED) is 0.600. The summed E-state index contributed by atoms with van der Waals surface area (Å²) in [6.45, 7) is 6.90. The molecule has 1 N–H and O–H groups in total. The summed E-state index contributed by atoms with van der Waals surface area (Å²) in [6, 6.07) is 14.5. The lowest BCUT2D eigenvalue weighted by Gasteiger charge is -2.18. The van der Waals surface area contributed by atoms with Gasteiger partial charge in [0.05, 0.1) is 4.90 Å². The first kappa shape index (κ1) is 21.7. The predicted molar refractivity (Wildman–Crippen MR) is 116 cm³/mol. The van der Waals surface area contributed by atoms with Gasteiger partial charge in [-0.2, -0.15) is 4.31 Å². The molecule has 0 radical (unpaired) electrons. The number of nitrogens with one attached hydrogen (secondary N) is 1. The standard InChI is InChI=1S/C22H26N4O3S/c1-4-26(5-2)30(28,29)20-12-10-19(11-13-20)25-15-21(24-16-25)22(27)23-14-18-8-6-17(3)7-9-18/h6-13,15-16H,4-5,14H2,1-3H3,(H,23,27). The van der Waals surface area contributed by atoms with Gasteiger partial charge in [-0.1, -0.05) is 43.7 Å². The molecule has 0 fully saturated rings. The summed E-state index contributed by atoms with van der Waals surface area (Å²) >= 11 is 0. The van der Waals surface area contributed by atoms with Gasteiger partial charge < -0.3 is 9.88 Å². The molecule has 0 aliphatic heterocycles. The average Bonchev–Trinajstić information content (AvgIpc) is 3.24. The fraction of sp³-hybridized carbons (Fsp3) is 0.273. The Morgan fingerprint density at radius 2 is 1.67 bits per heavy atom.